The Morgan fingerprint density at radius 1 is 1.33 bits per heavy atom. The second-order valence-corrected chi connectivity index (χ2v) is 5.79. The van der Waals surface area contributed by atoms with Crippen molar-refractivity contribution in [2.45, 2.75) is 25.6 Å². The lowest BCUT2D eigenvalue weighted by Crippen LogP contribution is -2.34. The monoisotopic (exact) mass is 249 g/mol. The normalized spacial score (nSPS) is 21.9. The highest BCUT2D eigenvalue weighted by atomic mass is 16.7. The molecule has 1 aromatic carbocycles. The van der Waals surface area contributed by atoms with Gasteiger partial charge in [-0.25, -0.2) is 0 Å². The Balaban J connectivity index is 2.11. The van der Waals surface area contributed by atoms with Crippen LogP contribution in [0.1, 0.15) is 31.3 Å². The van der Waals surface area contributed by atoms with Gasteiger partial charge in [0, 0.05) is 17.5 Å². The van der Waals surface area contributed by atoms with Gasteiger partial charge in [0.25, 0.3) is 0 Å². The summed E-state index contributed by atoms with van der Waals surface area (Å²) in [5.74, 6) is 0. The predicted octanol–water partition coefficient (Wildman–Crippen LogP) is 2.57. The van der Waals surface area contributed by atoms with E-state index in [1.807, 2.05) is 20.2 Å². The van der Waals surface area contributed by atoms with E-state index >= 15 is 0 Å². The largest absolute Gasteiger partial charge is 0.347 e. The number of hydrogen-bond donors (Lipinski definition) is 0. The molecule has 2 rings (SSSR count). The fraction of sp³-hybridized carbons (Fsp3) is 0.600. The maximum Gasteiger partial charge on any atom is 0.184 e. The van der Waals surface area contributed by atoms with Crippen LogP contribution in [0.2, 0.25) is 0 Å². The van der Waals surface area contributed by atoms with Crippen molar-refractivity contribution in [3.05, 3.63) is 35.4 Å². The molecule has 100 valence electrons. The first kappa shape index (κ1) is 13.5. The van der Waals surface area contributed by atoms with Crippen LogP contribution in [0.5, 0.6) is 0 Å². The molecule has 3 heteroatoms. The highest BCUT2D eigenvalue weighted by Crippen LogP contribution is 2.37. The van der Waals surface area contributed by atoms with Crippen molar-refractivity contribution in [1.82, 2.24) is 4.90 Å². The van der Waals surface area contributed by atoms with Crippen molar-refractivity contribution in [1.29, 1.82) is 0 Å². The lowest BCUT2D eigenvalue weighted by atomic mass is 9.80. The van der Waals surface area contributed by atoms with E-state index in [2.05, 4.69) is 36.9 Å². The molecule has 0 spiro atoms. The molecule has 0 saturated heterocycles. The molecule has 1 unspecified atom stereocenters. The molecule has 1 atom stereocenters. The molecule has 1 heterocycles. The first-order valence-electron chi connectivity index (χ1n) is 6.48. The van der Waals surface area contributed by atoms with E-state index in [9.17, 15) is 0 Å². The predicted molar refractivity (Wildman–Crippen MR) is 72.7 cm³/mol. The van der Waals surface area contributed by atoms with Gasteiger partial charge in [0.05, 0.1) is 13.2 Å². The molecular formula is C15H23NO2. The molecule has 1 aromatic rings. The summed E-state index contributed by atoms with van der Waals surface area (Å²) in [4.78, 5) is 2.11. The molecule has 0 saturated carbocycles. The van der Waals surface area contributed by atoms with Crippen molar-refractivity contribution in [3.8, 4) is 0 Å². The third-order valence-electron chi connectivity index (χ3n) is 3.35. The van der Waals surface area contributed by atoms with Crippen LogP contribution in [0.25, 0.3) is 0 Å². The fourth-order valence-corrected chi connectivity index (χ4v) is 2.25. The Labute approximate surface area is 110 Å². The number of fused-ring (bicyclic) bond motifs is 1. The zero-order valence-corrected chi connectivity index (χ0v) is 11.8. The lowest BCUT2D eigenvalue weighted by molar-refractivity contribution is -0.167. The molecule has 0 radical (unpaired) electrons. The first-order chi connectivity index (χ1) is 8.50. The average Bonchev–Trinajstić information content (AvgIpc) is 2.32. The quantitative estimate of drug-likeness (QED) is 0.818. The number of likely N-dealkylation sites (N-methyl/N-ethyl adjacent to an activating group) is 1. The van der Waals surface area contributed by atoms with E-state index < -0.39 is 0 Å². The number of ether oxygens (including phenoxy) is 2. The Hall–Kier alpha value is -0.900. The van der Waals surface area contributed by atoms with Crippen LogP contribution < -0.4 is 0 Å². The first-order valence-corrected chi connectivity index (χ1v) is 6.48. The molecule has 0 bridgehead atoms. The topological polar surface area (TPSA) is 21.7 Å². The molecule has 0 amide bonds. The summed E-state index contributed by atoms with van der Waals surface area (Å²) in [5.41, 5.74) is 2.58. The third kappa shape index (κ3) is 2.91. The fourth-order valence-electron chi connectivity index (χ4n) is 2.25. The van der Waals surface area contributed by atoms with Gasteiger partial charge >= 0.3 is 0 Å². The summed E-state index contributed by atoms with van der Waals surface area (Å²) in [6, 6.07) is 8.42. The number of nitrogens with zero attached hydrogens (tertiary/aromatic N) is 1. The van der Waals surface area contributed by atoms with Crippen LogP contribution >= 0.6 is 0 Å². The van der Waals surface area contributed by atoms with E-state index in [1.54, 1.807) is 0 Å². The SMILES string of the molecule is CN(C)CCOC1OCC(C)(C)c2ccccc21. The Kier molecular flexibility index (Phi) is 4.05. The van der Waals surface area contributed by atoms with Gasteiger partial charge < -0.3 is 14.4 Å². The van der Waals surface area contributed by atoms with Crippen LogP contribution in [0, 0.1) is 0 Å². The second kappa shape index (κ2) is 5.39. The summed E-state index contributed by atoms with van der Waals surface area (Å²) in [7, 11) is 4.09. The Morgan fingerprint density at radius 2 is 2.06 bits per heavy atom. The van der Waals surface area contributed by atoms with Crippen molar-refractivity contribution < 1.29 is 9.47 Å². The van der Waals surface area contributed by atoms with Crippen LogP contribution in [-0.4, -0.2) is 38.8 Å². The highest BCUT2D eigenvalue weighted by Gasteiger charge is 2.33. The van der Waals surface area contributed by atoms with Crippen LogP contribution in [-0.2, 0) is 14.9 Å². The lowest BCUT2D eigenvalue weighted by Gasteiger charge is -2.36. The zero-order chi connectivity index (χ0) is 13.2. The maximum absolute atomic E-state index is 5.86. The van der Waals surface area contributed by atoms with Crippen molar-refractivity contribution >= 4 is 0 Å². The summed E-state index contributed by atoms with van der Waals surface area (Å²) in [6.45, 7) is 6.72. The average molecular weight is 249 g/mol. The van der Waals surface area contributed by atoms with Gasteiger partial charge in [-0.1, -0.05) is 38.1 Å². The van der Waals surface area contributed by atoms with Crippen LogP contribution in [0.4, 0.5) is 0 Å². The van der Waals surface area contributed by atoms with Gasteiger partial charge in [0.15, 0.2) is 6.29 Å². The van der Waals surface area contributed by atoms with E-state index in [0.29, 0.717) is 13.2 Å². The highest BCUT2D eigenvalue weighted by molar-refractivity contribution is 5.36. The number of benzene rings is 1. The van der Waals surface area contributed by atoms with Crippen molar-refractivity contribution in [2.24, 2.45) is 0 Å². The van der Waals surface area contributed by atoms with E-state index in [-0.39, 0.29) is 11.7 Å². The maximum atomic E-state index is 5.86. The van der Waals surface area contributed by atoms with Gasteiger partial charge in [-0.05, 0) is 19.7 Å². The smallest absolute Gasteiger partial charge is 0.184 e. The van der Waals surface area contributed by atoms with Gasteiger partial charge in [0.1, 0.15) is 0 Å². The number of hydrogen-bond acceptors (Lipinski definition) is 3. The molecule has 1 aliphatic heterocycles. The standard InChI is InChI=1S/C15H23NO2/c1-15(2)11-18-14(17-10-9-16(3)4)12-7-5-6-8-13(12)15/h5-8,14H,9-11H2,1-4H3. The molecule has 0 aromatic heterocycles. The second-order valence-electron chi connectivity index (χ2n) is 5.79. The Morgan fingerprint density at radius 3 is 2.78 bits per heavy atom. The Bertz CT molecular complexity index is 401. The van der Waals surface area contributed by atoms with Gasteiger partial charge in [0.2, 0.25) is 0 Å². The van der Waals surface area contributed by atoms with Gasteiger partial charge in [-0.3, -0.25) is 0 Å². The van der Waals surface area contributed by atoms with Crippen LogP contribution in [0.15, 0.2) is 24.3 Å². The molecule has 0 aliphatic carbocycles. The summed E-state index contributed by atoms with van der Waals surface area (Å²) >= 11 is 0. The summed E-state index contributed by atoms with van der Waals surface area (Å²) < 4.78 is 11.7. The molecule has 18 heavy (non-hydrogen) atoms. The van der Waals surface area contributed by atoms with Gasteiger partial charge in [-0.2, -0.15) is 0 Å². The van der Waals surface area contributed by atoms with Gasteiger partial charge in [-0.15, -0.1) is 0 Å². The third-order valence-corrected chi connectivity index (χ3v) is 3.35. The minimum atomic E-state index is -0.214. The molecule has 1 aliphatic rings. The summed E-state index contributed by atoms with van der Waals surface area (Å²) in [6.07, 6.45) is -0.214. The number of rotatable bonds is 4. The van der Waals surface area contributed by atoms with E-state index in [0.717, 1.165) is 6.54 Å². The molecular weight excluding hydrogens is 226 g/mol. The zero-order valence-electron chi connectivity index (χ0n) is 11.8. The van der Waals surface area contributed by atoms with Crippen molar-refractivity contribution in [2.75, 3.05) is 33.9 Å². The minimum Gasteiger partial charge on any atom is -0.347 e. The molecule has 3 nitrogen and oxygen atoms in total. The van der Waals surface area contributed by atoms with E-state index in [1.165, 1.54) is 11.1 Å². The molecule has 0 fully saturated rings. The van der Waals surface area contributed by atoms with E-state index in [4.69, 9.17) is 9.47 Å². The van der Waals surface area contributed by atoms with Crippen LogP contribution in [0.3, 0.4) is 0 Å². The summed E-state index contributed by atoms with van der Waals surface area (Å²) in [5, 5.41) is 0. The van der Waals surface area contributed by atoms with Crippen molar-refractivity contribution in [3.63, 3.8) is 0 Å². The minimum absolute atomic E-state index is 0.0675. The molecule has 0 N–H and O–H groups in total.